The summed E-state index contributed by atoms with van der Waals surface area (Å²) in [6, 6.07) is 0.453. The monoisotopic (exact) mass is 264 g/mol. The number of hydrogen-bond donors (Lipinski definition) is 2. The van der Waals surface area contributed by atoms with Crippen LogP contribution in [0.5, 0.6) is 0 Å². The van der Waals surface area contributed by atoms with Gasteiger partial charge in [-0.25, -0.2) is 0 Å². The second-order valence-electron chi connectivity index (χ2n) is 5.71. The molecule has 1 aliphatic rings. The van der Waals surface area contributed by atoms with Gasteiger partial charge in [-0.15, -0.1) is 0 Å². The predicted molar refractivity (Wildman–Crippen MR) is 76.0 cm³/mol. The second-order valence-corrected chi connectivity index (χ2v) is 5.71. The van der Waals surface area contributed by atoms with Crippen LogP contribution < -0.4 is 10.6 Å². The largest absolute Gasteiger partial charge is 0.323 e. The molecule has 19 heavy (non-hydrogen) atoms. The zero-order chi connectivity index (χ0) is 13.8. The Kier molecular flexibility index (Phi) is 4.58. The smallest absolute Gasteiger partial charge is 0.227 e. The zero-order valence-corrected chi connectivity index (χ0v) is 12.0. The van der Waals surface area contributed by atoms with Crippen molar-refractivity contribution in [3.63, 3.8) is 0 Å². The van der Waals surface area contributed by atoms with E-state index in [0.717, 1.165) is 31.6 Å². The lowest BCUT2D eigenvalue weighted by Gasteiger charge is -2.22. The lowest BCUT2D eigenvalue weighted by molar-refractivity contribution is -0.120. The van der Waals surface area contributed by atoms with Crippen molar-refractivity contribution in [2.45, 2.75) is 39.7 Å². The third-order valence-corrected chi connectivity index (χ3v) is 3.97. The molecule has 1 aromatic rings. The first-order valence-corrected chi connectivity index (χ1v) is 7.13. The average molecular weight is 264 g/mol. The molecule has 5 nitrogen and oxygen atoms in total. The molecule has 0 spiro atoms. The number of aromatic nitrogens is 2. The summed E-state index contributed by atoms with van der Waals surface area (Å²) in [5.74, 6) is 0.432. The molecule has 106 valence electrons. The Balaban J connectivity index is 1.95. The Labute approximate surface area is 114 Å². The first-order valence-electron chi connectivity index (χ1n) is 7.13. The maximum absolute atomic E-state index is 12.0. The van der Waals surface area contributed by atoms with Gasteiger partial charge >= 0.3 is 0 Å². The predicted octanol–water partition coefficient (Wildman–Crippen LogP) is 2.04. The second kappa shape index (κ2) is 6.19. The molecule has 1 amide bonds. The molecule has 1 atom stereocenters. The van der Waals surface area contributed by atoms with Crippen LogP contribution in [-0.2, 0) is 4.79 Å². The van der Waals surface area contributed by atoms with Crippen molar-refractivity contribution in [2.24, 2.45) is 11.8 Å². The van der Waals surface area contributed by atoms with Crippen LogP contribution in [-0.4, -0.2) is 28.8 Å². The van der Waals surface area contributed by atoms with Gasteiger partial charge in [0.15, 0.2) is 0 Å². The maximum Gasteiger partial charge on any atom is 0.227 e. The van der Waals surface area contributed by atoms with Crippen molar-refractivity contribution in [3.8, 4) is 0 Å². The van der Waals surface area contributed by atoms with Gasteiger partial charge in [0.2, 0.25) is 5.91 Å². The number of piperidine rings is 1. The summed E-state index contributed by atoms with van der Waals surface area (Å²) in [5, 5.41) is 10.7. The standard InChI is InChI=1S/C14H24N4O/c1-10(2)11(3)14(19)17-12-8-16-18(9-12)13-4-6-15-7-5-13/h8-11,13,15H,4-7H2,1-3H3,(H,17,19). The molecule has 0 radical (unpaired) electrons. The van der Waals surface area contributed by atoms with Crippen LogP contribution in [0, 0.1) is 11.8 Å². The summed E-state index contributed by atoms with van der Waals surface area (Å²) in [6.07, 6.45) is 5.88. The fourth-order valence-electron chi connectivity index (χ4n) is 2.23. The summed E-state index contributed by atoms with van der Waals surface area (Å²) < 4.78 is 1.98. The first-order chi connectivity index (χ1) is 9.08. The van der Waals surface area contributed by atoms with Gasteiger partial charge in [-0.2, -0.15) is 5.10 Å². The molecular formula is C14H24N4O. The molecule has 0 aliphatic carbocycles. The van der Waals surface area contributed by atoms with Crippen LogP contribution in [0.2, 0.25) is 0 Å². The number of carbonyl (C=O) groups excluding carboxylic acids is 1. The molecule has 0 bridgehead atoms. The van der Waals surface area contributed by atoms with Gasteiger partial charge in [0.1, 0.15) is 0 Å². The molecule has 0 aromatic carbocycles. The Morgan fingerprint density at radius 2 is 2.11 bits per heavy atom. The molecule has 5 heteroatoms. The van der Waals surface area contributed by atoms with Crippen molar-refractivity contribution in [1.82, 2.24) is 15.1 Å². The summed E-state index contributed by atoms with van der Waals surface area (Å²) in [7, 11) is 0. The van der Waals surface area contributed by atoms with Gasteiger partial charge in [-0.05, 0) is 31.8 Å². The van der Waals surface area contributed by atoms with Crippen molar-refractivity contribution >= 4 is 11.6 Å². The summed E-state index contributed by atoms with van der Waals surface area (Å²) >= 11 is 0. The van der Waals surface area contributed by atoms with E-state index in [1.807, 2.05) is 17.8 Å². The number of nitrogens with zero attached hydrogens (tertiary/aromatic N) is 2. The van der Waals surface area contributed by atoms with E-state index < -0.39 is 0 Å². The van der Waals surface area contributed by atoms with E-state index in [4.69, 9.17) is 0 Å². The van der Waals surface area contributed by atoms with Crippen LogP contribution in [0.15, 0.2) is 12.4 Å². The Morgan fingerprint density at radius 1 is 1.42 bits per heavy atom. The third-order valence-electron chi connectivity index (χ3n) is 3.97. The molecule has 0 saturated carbocycles. The lowest BCUT2D eigenvalue weighted by atomic mass is 9.97. The third kappa shape index (κ3) is 3.56. The minimum absolute atomic E-state index is 0.0160. The Hall–Kier alpha value is -1.36. The highest BCUT2D eigenvalue weighted by Gasteiger charge is 2.19. The molecule has 2 N–H and O–H groups in total. The SMILES string of the molecule is CC(C)C(C)C(=O)Nc1cnn(C2CCNCC2)c1. The number of nitrogens with one attached hydrogen (secondary N) is 2. The molecule has 2 rings (SSSR count). The first kappa shape index (κ1) is 14.1. The van der Waals surface area contributed by atoms with Crippen LogP contribution in [0.4, 0.5) is 5.69 Å². The summed E-state index contributed by atoms with van der Waals surface area (Å²) in [4.78, 5) is 12.0. The minimum atomic E-state index is 0.0160. The molecular weight excluding hydrogens is 240 g/mol. The summed E-state index contributed by atoms with van der Waals surface area (Å²) in [5.41, 5.74) is 0.802. The van der Waals surface area contributed by atoms with Gasteiger partial charge in [0.25, 0.3) is 0 Å². The van der Waals surface area contributed by atoms with Crippen LogP contribution >= 0.6 is 0 Å². The quantitative estimate of drug-likeness (QED) is 0.875. The van der Waals surface area contributed by atoms with Crippen molar-refractivity contribution in [2.75, 3.05) is 18.4 Å². The number of anilines is 1. The highest BCUT2D eigenvalue weighted by Crippen LogP contribution is 2.20. The van der Waals surface area contributed by atoms with Crippen LogP contribution in [0.25, 0.3) is 0 Å². The topological polar surface area (TPSA) is 59.0 Å². The van der Waals surface area contributed by atoms with Crippen molar-refractivity contribution in [3.05, 3.63) is 12.4 Å². The van der Waals surface area contributed by atoms with E-state index in [-0.39, 0.29) is 11.8 Å². The minimum Gasteiger partial charge on any atom is -0.323 e. The lowest BCUT2D eigenvalue weighted by Crippen LogP contribution is -2.29. The van der Waals surface area contributed by atoms with E-state index in [1.54, 1.807) is 6.20 Å². The van der Waals surface area contributed by atoms with Crippen molar-refractivity contribution in [1.29, 1.82) is 0 Å². The van der Waals surface area contributed by atoms with Gasteiger partial charge in [-0.1, -0.05) is 20.8 Å². The van der Waals surface area contributed by atoms with Crippen LogP contribution in [0.1, 0.15) is 39.7 Å². The zero-order valence-electron chi connectivity index (χ0n) is 12.0. The van der Waals surface area contributed by atoms with E-state index in [0.29, 0.717) is 12.0 Å². The van der Waals surface area contributed by atoms with Crippen molar-refractivity contribution < 1.29 is 4.79 Å². The van der Waals surface area contributed by atoms with E-state index in [2.05, 4.69) is 29.6 Å². The molecule has 1 saturated heterocycles. The van der Waals surface area contributed by atoms with Gasteiger partial charge < -0.3 is 10.6 Å². The highest BCUT2D eigenvalue weighted by molar-refractivity contribution is 5.92. The molecule has 1 fully saturated rings. The fraction of sp³-hybridized carbons (Fsp3) is 0.714. The highest BCUT2D eigenvalue weighted by atomic mass is 16.1. The molecule has 1 unspecified atom stereocenters. The Bertz CT molecular complexity index is 421. The van der Waals surface area contributed by atoms with Crippen LogP contribution in [0.3, 0.4) is 0 Å². The van der Waals surface area contributed by atoms with Gasteiger partial charge in [0, 0.05) is 12.1 Å². The number of rotatable bonds is 4. The van der Waals surface area contributed by atoms with E-state index in [9.17, 15) is 4.79 Å². The fourth-order valence-corrected chi connectivity index (χ4v) is 2.23. The number of carbonyl (C=O) groups is 1. The number of amides is 1. The van der Waals surface area contributed by atoms with E-state index >= 15 is 0 Å². The normalized spacial score (nSPS) is 18.5. The van der Waals surface area contributed by atoms with Gasteiger partial charge in [0.05, 0.1) is 17.9 Å². The average Bonchev–Trinajstić information content (AvgIpc) is 2.87. The molecule has 1 aliphatic heterocycles. The number of hydrogen-bond acceptors (Lipinski definition) is 3. The van der Waals surface area contributed by atoms with E-state index in [1.165, 1.54) is 0 Å². The Morgan fingerprint density at radius 3 is 2.74 bits per heavy atom. The molecule has 1 aromatic heterocycles. The maximum atomic E-state index is 12.0. The summed E-state index contributed by atoms with van der Waals surface area (Å²) in [6.45, 7) is 8.15. The van der Waals surface area contributed by atoms with Gasteiger partial charge in [-0.3, -0.25) is 9.48 Å². The molecule has 2 heterocycles.